The zero-order chi connectivity index (χ0) is 14.2. The van der Waals surface area contributed by atoms with Crippen LogP contribution in [-0.4, -0.2) is 41.7 Å². The highest BCUT2D eigenvalue weighted by molar-refractivity contribution is 5.91. The second-order valence-electron chi connectivity index (χ2n) is 4.85. The van der Waals surface area contributed by atoms with Crippen LogP contribution in [0.2, 0.25) is 0 Å². The van der Waals surface area contributed by atoms with Crippen LogP contribution < -0.4 is 10.6 Å². The molecule has 1 aromatic heterocycles. The third-order valence-corrected chi connectivity index (χ3v) is 3.29. The maximum atomic E-state index is 11.8. The third kappa shape index (κ3) is 4.45. The van der Waals surface area contributed by atoms with Crippen LogP contribution >= 0.6 is 0 Å². The number of anilines is 1. The summed E-state index contributed by atoms with van der Waals surface area (Å²) in [7, 11) is 0. The molecule has 6 heteroatoms. The number of hydrogen-bond donors (Lipinski definition) is 2. The van der Waals surface area contributed by atoms with Crippen LogP contribution in [0.25, 0.3) is 0 Å². The second-order valence-corrected chi connectivity index (χ2v) is 4.85. The molecule has 2 rings (SSSR count). The van der Waals surface area contributed by atoms with E-state index >= 15 is 0 Å². The molecule has 0 saturated heterocycles. The molecule has 0 unspecified atom stereocenters. The van der Waals surface area contributed by atoms with Gasteiger partial charge in [-0.05, 0) is 19.8 Å². The van der Waals surface area contributed by atoms with Crippen LogP contribution in [0.3, 0.4) is 0 Å². The van der Waals surface area contributed by atoms with Gasteiger partial charge in [-0.15, -0.1) is 0 Å². The molecule has 0 spiro atoms. The minimum Gasteiger partial charge on any atom is -0.376 e. The van der Waals surface area contributed by atoms with Crippen molar-refractivity contribution in [1.82, 2.24) is 15.3 Å². The highest BCUT2D eigenvalue weighted by atomic mass is 16.5. The van der Waals surface area contributed by atoms with E-state index < -0.39 is 0 Å². The lowest BCUT2D eigenvalue weighted by Gasteiger charge is -2.11. The summed E-state index contributed by atoms with van der Waals surface area (Å²) in [5.74, 6) is 0.462. The van der Waals surface area contributed by atoms with Gasteiger partial charge in [0.05, 0.1) is 25.1 Å². The first kappa shape index (κ1) is 14.7. The molecule has 0 aliphatic heterocycles. The molecular weight excluding hydrogens is 256 g/mol. The van der Waals surface area contributed by atoms with E-state index in [1.807, 2.05) is 6.92 Å². The van der Waals surface area contributed by atoms with Gasteiger partial charge in [0, 0.05) is 13.1 Å². The van der Waals surface area contributed by atoms with Crippen LogP contribution in [0.15, 0.2) is 12.4 Å². The molecule has 20 heavy (non-hydrogen) atoms. The van der Waals surface area contributed by atoms with Crippen LogP contribution in [0.5, 0.6) is 0 Å². The summed E-state index contributed by atoms with van der Waals surface area (Å²) in [6.07, 6.45) is 8.22. The molecule has 110 valence electrons. The van der Waals surface area contributed by atoms with Crippen molar-refractivity contribution in [3.63, 3.8) is 0 Å². The molecule has 1 aliphatic carbocycles. The Morgan fingerprint density at radius 3 is 2.80 bits per heavy atom. The van der Waals surface area contributed by atoms with E-state index in [-0.39, 0.29) is 5.91 Å². The molecule has 1 amide bonds. The fraction of sp³-hybridized carbons (Fsp3) is 0.643. The van der Waals surface area contributed by atoms with Gasteiger partial charge in [-0.3, -0.25) is 4.79 Å². The van der Waals surface area contributed by atoms with Crippen molar-refractivity contribution < 1.29 is 9.53 Å². The first-order chi connectivity index (χ1) is 9.79. The van der Waals surface area contributed by atoms with E-state index in [9.17, 15) is 4.79 Å². The van der Waals surface area contributed by atoms with Crippen molar-refractivity contribution in [3.05, 3.63) is 18.1 Å². The molecule has 1 aromatic rings. The maximum absolute atomic E-state index is 11.8. The van der Waals surface area contributed by atoms with Gasteiger partial charge in [-0.1, -0.05) is 12.8 Å². The zero-order valence-corrected chi connectivity index (χ0v) is 11.9. The van der Waals surface area contributed by atoms with Gasteiger partial charge in [0.15, 0.2) is 0 Å². The van der Waals surface area contributed by atoms with Gasteiger partial charge in [0.25, 0.3) is 5.91 Å². The zero-order valence-electron chi connectivity index (χ0n) is 11.9. The van der Waals surface area contributed by atoms with Gasteiger partial charge >= 0.3 is 0 Å². The quantitative estimate of drug-likeness (QED) is 0.741. The Kier molecular flexibility index (Phi) is 5.73. The van der Waals surface area contributed by atoms with E-state index in [0.29, 0.717) is 30.8 Å². The lowest BCUT2D eigenvalue weighted by atomic mass is 10.3. The van der Waals surface area contributed by atoms with Crippen molar-refractivity contribution in [1.29, 1.82) is 0 Å². The molecule has 0 aromatic carbocycles. The summed E-state index contributed by atoms with van der Waals surface area (Å²) in [6.45, 7) is 3.82. The van der Waals surface area contributed by atoms with Crippen LogP contribution in [0, 0.1) is 0 Å². The van der Waals surface area contributed by atoms with Gasteiger partial charge < -0.3 is 15.4 Å². The first-order valence-electron chi connectivity index (χ1n) is 7.25. The predicted molar refractivity (Wildman–Crippen MR) is 76.7 cm³/mol. The van der Waals surface area contributed by atoms with Gasteiger partial charge in [0.2, 0.25) is 0 Å². The first-order valence-corrected chi connectivity index (χ1v) is 7.25. The Morgan fingerprint density at radius 2 is 2.15 bits per heavy atom. The Balaban J connectivity index is 1.68. The number of carbonyl (C=O) groups is 1. The standard InChI is InChI=1S/C14H22N4O2/c1-2-15-13-10-17-12(9-18-13)14(19)16-7-8-20-11-5-3-4-6-11/h9-11H,2-8H2,1H3,(H,15,18)(H,16,19). The molecule has 0 bridgehead atoms. The van der Waals surface area contributed by atoms with Gasteiger partial charge in [-0.2, -0.15) is 0 Å². The Bertz CT molecular complexity index is 416. The van der Waals surface area contributed by atoms with Crippen molar-refractivity contribution in [2.75, 3.05) is 25.0 Å². The summed E-state index contributed by atoms with van der Waals surface area (Å²) >= 11 is 0. The van der Waals surface area contributed by atoms with Crippen molar-refractivity contribution >= 4 is 11.7 Å². The van der Waals surface area contributed by atoms with Gasteiger partial charge in [-0.25, -0.2) is 9.97 Å². The minimum absolute atomic E-state index is 0.212. The minimum atomic E-state index is -0.212. The topological polar surface area (TPSA) is 76.1 Å². The number of nitrogens with zero attached hydrogens (tertiary/aromatic N) is 2. The number of aromatic nitrogens is 2. The van der Waals surface area contributed by atoms with Crippen LogP contribution in [-0.2, 0) is 4.74 Å². The Labute approximate surface area is 119 Å². The van der Waals surface area contributed by atoms with Crippen LogP contribution in [0.1, 0.15) is 43.1 Å². The molecule has 1 fully saturated rings. The average molecular weight is 278 g/mol. The number of ether oxygens (including phenoxy) is 1. The summed E-state index contributed by atoms with van der Waals surface area (Å²) in [6, 6.07) is 0. The summed E-state index contributed by atoms with van der Waals surface area (Å²) in [4.78, 5) is 20.0. The Morgan fingerprint density at radius 1 is 1.35 bits per heavy atom. The molecule has 0 radical (unpaired) electrons. The molecule has 6 nitrogen and oxygen atoms in total. The molecular formula is C14H22N4O2. The van der Waals surface area contributed by atoms with Crippen molar-refractivity contribution in [3.8, 4) is 0 Å². The number of hydrogen-bond acceptors (Lipinski definition) is 5. The van der Waals surface area contributed by atoms with E-state index in [0.717, 1.165) is 19.4 Å². The smallest absolute Gasteiger partial charge is 0.271 e. The van der Waals surface area contributed by atoms with E-state index in [1.54, 1.807) is 6.20 Å². The molecule has 1 saturated carbocycles. The lowest BCUT2D eigenvalue weighted by Crippen LogP contribution is -2.29. The predicted octanol–water partition coefficient (Wildman–Crippen LogP) is 1.60. The second kappa shape index (κ2) is 7.79. The fourth-order valence-corrected chi connectivity index (χ4v) is 2.25. The summed E-state index contributed by atoms with van der Waals surface area (Å²) in [5, 5.41) is 5.82. The SMILES string of the molecule is CCNc1cnc(C(=O)NCCOC2CCCC2)cn1. The monoisotopic (exact) mass is 278 g/mol. The molecule has 0 atom stereocenters. The summed E-state index contributed by atoms with van der Waals surface area (Å²) < 4.78 is 5.68. The van der Waals surface area contributed by atoms with Gasteiger partial charge in [0.1, 0.15) is 11.5 Å². The third-order valence-electron chi connectivity index (χ3n) is 3.29. The van der Waals surface area contributed by atoms with E-state index in [2.05, 4.69) is 20.6 Å². The maximum Gasteiger partial charge on any atom is 0.271 e. The lowest BCUT2D eigenvalue weighted by molar-refractivity contribution is 0.0581. The average Bonchev–Trinajstić information content (AvgIpc) is 2.98. The summed E-state index contributed by atoms with van der Waals surface area (Å²) in [5.41, 5.74) is 0.326. The van der Waals surface area contributed by atoms with E-state index in [4.69, 9.17) is 4.74 Å². The highest BCUT2D eigenvalue weighted by Gasteiger charge is 2.15. The number of amides is 1. The Hall–Kier alpha value is -1.69. The largest absolute Gasteiger partial charge is 0.376 e. The van der Waals surface area contributed by atoms with Crippen LogP contribution in [0.4, 0.5) is 5.82 Å². The normalized spacial score (nSPS) is 15.2. The molecule has 1 heterocycles. The van der Waals surface area contributed by atoms with E-state index in [1.165, 1.54) is 19.0 Å². The molecule has 1 aliphatic rings. The number of nitrogens with one attached hydrogen (secondary N) is 2. The number of carbonyl (C=O) groups excluding carboxylic acids is 1. The number of rotatable bonds is 7. The molecule has 2 N–H and O–H groups in total. The fourth-order valence-electron chi connectivity index (χ4n) is 2.25. The van der Waals surface area contributed by atoms with Crippen molar-refractivity contribution in [2.24, 2.45) is 0 Å². The highest BCUT2D eigenvalue weighted by Crippen LogP contribution is 2.20. The van der Waals surface area contributed by atoms with Crippen molar-refractivity contribution in [2.45, 2.75) is 38.7 Å².